The molecule has 3 fully saturated rings. The van der Waals surface area contributed by atoms with Crippen molar-refractivity contribution in [1.82, 2.24) is 20.8 Å². The lowest BCUT2D eigenvalue weighted by atomic mass is 10.0. The maximum Gasteiger partial charge on any atom is 0.418 e. The predicted molar refractivity (Wildman–Crippen MR) is 85.0 cm³/mol. The first-order valence-electron chi connectivity index (χ1n) is 8.29. The molecule has 13 heteroatoms. The van der Waals surface area contributed by atoms with Crippen LogP contribution in [0.25, 0.3) is 0 Å². The van der Waals surface area contributed by atoms with Crippen LogP contribution in [0.1, 0.15) is 32.1 Å². The second-order valence-electron chi connectivity index (χ2n) is 6.69. The molecule has 0 spiro atoms. The van der Waals surface area contributed by atoms with Gasteiger partial charge in [-0.15, -0.1) is 4.28 Å². The van der Waals surface area contributed by atoms with Crippen LogP contribution in [0.15, 0.2) is 0 Å². The molecule has 2 bridgehead atoms. The van der Waals surface area contributed by atoms with Crippen LogP contribution in [0.3, 0.4) is 0 Å². The van der Waals surface area contributed by atoms with Crippen LogP contribution in [-0.4, -0.2) is 65.4 Å². The van der Waals surface area contributed by atoms with Crippen molar-refractivity contribution in [2.45, 2.75) is 50.2 Å². The minimum Gasteiger partial charge on any atom is -0.327 e. The highest BCUT2D eigenvalue weighted by Gasteiger charge is 2.49. The molecule has 2 saturated heterocycles. The predicted octanol–water partition coefficient (Wildman–Crippen LogP) is -1.74. The number of hydrogen-bond acceptors (Lipinski definition) is 7. The molecule has 0 aromatic carbocycles. The minimum absolute atomic E-state index is 0.0773. The van der Waals surface area contributed by atoms with Crippen molar-refractivity contribution >= 4 is 28.2 Å². The van der Waals surface area contributed by atoms with Crippen molar-refractivity contribution in [1.29, 1.82) is 0 Å². The highest BCUT2D eigenvalue weighted by molar-refractivity contribution is 7.80. The van der Waals surface area contributed by atoms with Crippen LogP contribution in [0, 0.1) is 5.92 Å². The van der Waals surface area contributed by atoms with Crippen molar-refractivity contribution in [3.8, 4) is 0 Å². The Bertz CT molecular complexity index is 714. The zero-order valence-corrected chi connectivity index (χ0v) is 14.6. The number of nitrogens with one attached hydrogen (secondary N) is 2. The highest BCUT2D eigenvalue weighted by atomic mass is 32.3. The van der Waals surface area contributed by atoms with Crippen molar-refractivity contribution < 1.29 is 31.6 Å². The lowest BCUT2D eigenvalue weighted by molar-refractivity contribution is -0.133. The number of nitrogens with two attached hydrogens (primary N) is 1. The van der Waals surface area contributed by atoms with E-state index in [4.69, 9.17) is 10.3 Å². The molecule has 5 N–H and O–H groups in total. The van der Waals surface area contributed by atoms with Crippen LogP contribution in [-0.2, 0) is 24.3 Å². The van der Waals surface area contributed by atoms with Crippen LogP contribution in [0.2, 0.25) is 0 Å². The van der Waals surface area contributed by atoms with Crippen molar-refractivity contribution in [2.24, 2.45) is 11.7 Å². The van der Waals surface area contributed by atoms with Crippen LogP contribution >= 0.6 is 0 Å². The summed E-state index contributed by atoms with van der Waals surface area (Å²) in [4.78, 5) is 37.8. The Balaban J connectivity index is 1.57. The number of nitrogens with zero attached hydrogens (tertiary/aromatic N) is 2. The van der Waals surface area contributed by atoms with Gasteiger partial charge in [-0.25, -0.2) is 4.79 Å². The fourth-order valence-corrected chi connectivity index (χ4v) is 4.11. The summed E-state index contributed by atoms with van der Waals surface area (Å²) < 4.78 is 34.7. The van der Waals surface area contributed by atoms with E-state index >= 15 is 0 Å². The van der Waals surface area contributed by atoms with Gasteiger partial charge in [0.05, 0.1) is 12.0 Å². The van der Waals surface area contributed by atoms with Gasteiger partial charge in [0.25, 0.3) is 5.91 Å². The molecular formula is C13H21N5O7S. The SMILES string of the molecule is N[C@@H]1CCCC1C(=O)NNC(=O)[C@H]1CC[C@H]2CN1C(=O)N2OS(=O)(=O)O. The van der Waals surface area contributed by atoms with E-state index in [1.165, 1.54) is 0 Å². The molecule has 4 atom stereocenters. The molecule has 26 heavy (non-hydrogen) atoms. The summed E-state index contributed by atoms with van der Waals surface area (Å²) in [5, 5.41) is 0.554. The van der Waals surface area contributed by atoms with Crippen molar-refractivity contribution in [3.63, 3.8) is 0 Å². The Morgan fingerprint density at radius 2 is 1.85 bits per heavy atom. The molecule has 0 radical (unpaired) electrons. The summed E-state index contributed by atoms with van der Waals surface area (Å²) in [5.74, 6) is -1.33. The topological polar surface area (TPSA) is 171 Å². The Hall–Kier alpha value is -1.96. The van der Waals surface area contributed by atoms with Gasteiger partial charge in [-0.05, 0) is 25.7 Å². The molecule has 2 aliphatic heterocycles. The number of carbonyl (C=O) groups excluding carboxylic acids is 3. The smallest absolute Gasteiger partial charge is 0.327 e. The number of hydrogen-bond donors (Lipinski definition) is 4. The van der Waals surface area contributed by atoms with Gasteiger partial charge in [0.1, 0.15) is 6.04 Å². The molecule has 0 aromatic heterocycles. The third-order valence-electron chi connectivity index (χ3n) is 5.02. The number of hydroxylamine groups is 2. The minimum atomic E-state index is -4.84. The zero-order valence-electron chi connectivity index (χ0n) is 13.8. The number of piperidine rings is 1. The summed E-state index contributed by atoms with van der Waals surface area (Å²) in [7, 11) is -4.84. The lowest BCUT2D eigenvalue weighted by Gasteiger charge is -2.29. The number of amides is 4. The second-order valence-corrected chi connectivity index (χ2v) is 7.69. The first-order chi connectivity index (χ1) is 12.2. The largest absolute Gasteiger partial charge is 0.418 e. The molecule has 2 heterocycles. The fraction of sp³-hybridized carbons (Fsp3) is 0.769. The van der Waals surface area contributed by atoms with Crippen LogP contribution in [0.5, 0.6) is 0 Å². The van der Waals surface area contributed by atoms with Gasteiger partial charge in [-0.3, -0.25) is 25.0 Å². The molecule has 1 saturated carbocycles. The molecule has 4 amide bonds. The Morgan fingerprint density at radius 3 is 2.46 bits per heavy atom. The molecule has 3 aliphatic rings. The van der Waals surface area contributed by atoms with E-state index in [0.29, 0.717) is 17.9 Å². The fourth-order valence-electron chi connectivity index (χ4n) is 3.72. The molecule has 3 rings (SSSR count). The standard InChI is InChI=1S/C13H21N5O7S/c14-9-3-1-2-8(9)11(19)15-16-12(20)10-5-4-7-6-17(10)13(21)18(7)25-26(22,23)24/h7-10H,1-6,14H2,(H,15,19)(H,16,20)(H,22,23,24)/t7-,8?,9+,10+/m0/s1. The lowest BCUT2D eigenvalue weighted by Crippen LogP contribution is -2.55. The summed E-state index contributed by atoms with van der Waals surface area (Å²) in [6.07, 6.45) is 2.81. The van der Waals surface area contributed by atoms with E-state index in [1.54, 1.807) is 0 Å². The third kappa shape index (κ3) is 3.75. The number of hydrazine groups is 1. The van der Waals surface area contributed by atoms with E-state index in [1.807, 2.05) is 0 Å². The molecule has 1 aliphatic carbocycles. The average Bonchev–Trinajstić information content (AvgIpc) is 3.09. The van der Waals surface area contributed by atoms with Gasteiger partial charge in [0.2, 0.25) is 5.91 Å². The number of carbonyl (C=O) groups is 3. The van der Waals surface area contributed by atoms with Crippen LogP contribution < -0.4 is 16.6 Å². The number of rotatable bonds is 4. The Labute approximate surface area is 149 Å². The molecule has 12 nitrogen and oxygen atoms in total. The maximum atomic E-state index is 12.3. The van der Waals surface area contributed by atoms with E-state index < -0.39 is 34.4 Å². The molecular weight excluding hydrogens is 370 g/mol. The van der Waals surface area contributed by atoms with E-state index in [0.717, 1.165) is 17.7 Å². The van der Waals surface area contributed by atoms with Gasteiger partial charge in [-0.2, -0.15) is 13.5 Å². The van der Waals surface area contributed by atoms with Gasteiger partial charge < -0.3 is 10.6 Å². The van der Waals surface area contributed by atoms with E-state index in [-0.39, 0.29) is 30.8 Å². The first kappa shape index (κ1) is 18.8. The van der Waals surface area contributed by atoms with E-state index in [9.17, 15) is 22.8 Å². The third-order valence-corrected chi connectivity index (χ3v) is 5.36. The number of fused-ring (bicyclic) bond motifs is 2. The van der Waals surface area contributed by atoms with Gasteiger partial charge in [-0.1, -0.05) is 6.42 Å². The Morgan fingerprint density at radius 1 is 1.15 bits per heavy atom. The molecule has 1 unspecified atom stereocenters. The summed E-state index contributed by atoms with van der Waals surface area (Å²) in [5.41, 5.74) is 10.5. The van der Waals surface area contributed by atoms with Gasteiger partial charge in [0, 0.05) is 12.6 Å². The molecule has 0 aromatic rings. The second kappa shape index (κ2) is 6.98. The Kier molecular flexibility index (Phi) is 5.05. The van der Waals surface area contributed by atoms with E-state index in [2.05, 4.69) is 15.1 Å². The summed E-state index contributed by atoms with van der Waals surface area (Å²) in [6, 6.07) is -2.55. The average molecular weight is 391 g/mol. The van der Waals surface area contributed by atoms with Gasteiger partial charge in [0.15, 0.2) is 0 Å². The van der Waals surface area contributed by atoms with Crippen LogP contribution in [0.4, 0.5) is 4.79 Å². The van der Waals surface area contributed by atoms with Crippen molar-refractivity contribution in [2.75, 3.05) is 6.54 Å². The maximum absolute atomic E-state index is 12.3. The monoisotopic (exact) mass is 391 g/mol. The summed E-state index contributed by atoms with van der Waals surface area (Å²) >= 11 is 0. The highest BCUT2D eigenvalue weighted by Crippen LogP contribution is 2.30. The molecule has 146 valence electrons. The quantitative estimate of drug-likeness (QED) is 0.323. The van der Waals surface area contributed by atoms with Crippen molar-refractivity contribution in [3.05, 3.63) is 0 Å². The number of urea groups is 1. The zero-order chi connectivity index (χ0) is 19.1. The first-order valence-corrected chi connectivity index (χ1v) is 9.66. The normalized spacial score (nSPS) is 31.2. The summed E-state index contributed by atoms with van der Waals surface area (Å²) in [6.45, 7) is 0.0773. The van der Waals surface area contributed by atoms with Gasteiger partial charge >= 0.3 is 16.4 Å².